The summed E-state index contributed by atoms with van der Waals surface area (Å²) in [6, 6.07) is 0. The van der Waals surface area contributed by atoms with Crippen LogP contribution in [0.5, 0.6) is 0 Å². The quantitative estimate of drug-likeness (QED) is 0.0317. The van der Waals surface area contributed by atoms with Gasteiger partial charge in [-0.15, -0.1) is 4.52 Å². The molecule has 0 rings (SSSR count). The largest absolute Gasteiger partial charge is 0.756 e. The van der Waals surface area contributed by atoms with Crippen molar-refractivity contribution < 1.29 is 249 Å². The number of phosphoric acid groups is 7. The molecule has 0 saturated heterocycles. The van der Waals surface area contributed by atoms with Gasteiger partial charge in [-0.1, -0.05) is 20.8 Å². The molecule has 53 nitrogen and oxygen atoms in total. The fourth-order valence-electron chi connectivity index (χ4n) is 7.34. The van der Waals surface area contributed by atoms with Gasteiger partial charge in [-0.2, -0.15) is 0 Å². The van der Waals surface area contributed by atoms with Gasteiger partial charge in [-0.05, 0) is 30.8 Å². The molecule has 0 radical (unpaired) electrons. The Morgan fingerprint density at radius 2 is 0.407 bits per heavy atom. The molecule has 5 N–H and O–H groups in total. The molecular weight excluding hydrogens is 1840 g/mol. The van der Waals surface area contributed by atoms with Gasteiger partial charge in [0.2, 0.25) is 0 Å². The van der Waals surface area contributed by atoms with Gasteiger partial charge in [0.15, 0.2) is 0 Å². The smallest absolute Gasteiger partial charge is 0.488 e. The van der Waals surface area contributed by atoms with Gasteiger partial charge < -0.3 is 204 Å². The molecule has 0 aliphatic carbocycles. The first kappa shape index (κ1) is 127. The number of hydrogen-bond acceptors (Lipinski definition) is 50. The van der Waals surface area contributed by atoms with Crippen LogP contribution in [0, 0.1) is 0 Å². The minimum Gasteiger partial charge on any atom is -0.756 e. The van der Waals surface area contributed by atoms with Gasteiger partial charge >= 0.3 is 16.1 Å². The molecule has 0 amide bonds. The van der Waals surface area contributed by atoms with Crippen LogP contribution in [-0.2, 0) is 190 Å². The topological polar surface area (TPSA) is 704 Å². The van der Waals surface area contributed by atoms with Crippen LogP contribution in [0.15, 0.2) is 0 Å². The van der Waals surface area contributed by atoms with E-state index in [4.69, 9.17) is 151 Å². The zero-order chi connectivity index (χ0) is 92.0. The summed E-state index contributed by atoms with van der Waals surface area (Å²) in [5.74, 6) is 0. The fourth-order valence-corrected chi connectivity index (χ4v) is 12.5. The van der Waals surface area contributed by atoms with E-state index < -0.39 is 101 Å². The van der Waals surface area contributed by atoms with Crippen LogP contribution in [-0.4, -0.2) is 387 Å². The Hall–Kier alpha value is -0.0900. The average Bonchev–Trinajstić information content (AvgIpc) is 0.901. The highest BCUT2D eigenvalue weighted by Gasteiger charge is 2.24. The minimum atomic E-state index is -4.81. The second kappa shape index (κ2) is 88.5. The first-order valence-electron chi connectivity index (χ1n) is 38.8. The Balaban J connectivity index is -0.0000102. The Bertz CT molecular complexity index is 2670. The summed E-state index contributed by atoms with van der Waals surface area (Å²) in [4.78, 5) is 106. The number of phosphoric ester groups is 7. The maximum absolute atomic E-state index is 12.0. The first-order chi connectivity index (χ1) is 58.7. The van der Waals surface area contributed by atoms with Crippen molar-refractivity contribution in [1.82, 2.24) is 0 Å². The molecule has 10 atom stereocenters. The monoisotopic (exact) mass is 1970 g/mol. The molecule has 0 aliphatic rings. The van der Waals surface area contributed by atoms with Crippen LogP contribution < -0.4 is 34.3 Å². The summed E-state index contributed by atoms with van der Waals surface area (Å²) in [6.07, 6.45) is -2.36. The summed E-state index contributed by atoms with van der Waals surface area (Å²) in [5.41, 5.74) is 0. The van der Waals surface area contributed by atoms with Crippen molar-refractivity contribution in [3.8, 4) is 0 Å². The van der Waals surface area contributed by atoms with Gasteiger partial charge in [0.25, 0.3) is 46.9 Å². The maximum Gasteiger partial charge on any atom is 0.488 e. The van der Waals surface area contributed by atoms with Crippen molar-refractivity contribution in [2.75, 3.05) is 344 Å². The van der Waals surface area contributed by atoms with E-state index in [9.17, 15) is 70.8 Å². The zero-order valence-electron chi connectivity index (χ0n) is 70.0. The standard InChI is InChI=1S/C56H119O47P7.C4H11O5P.C2H6O/c1-3-55(53-92-104(57)58)103-110(70,71)100-52-44-91-36-28-83-20-12-75-10-18-81-26-34-89-42-50-98-108(66,67)96-48-40-87-32-24-79-16-8-73-6-14-77-22-30-85-38-46-94-106(62,63)93-45-37-84-29-21-76-13-5-72-7-15-78-23-31-86-39-47-95-107(64,65)97-49-41-88-33-25-80-17-9-74-11-19-82-27-35-90-43-51-99-109(68,69)101-54-56(4-2)102-105(59,60)61;1-2-4(3-5)9-10(6,7)8;1-2-3/h55-56H,3-54H2,1-2H3,(H,62,63)(H,64,65)(H,66,67)(H,68,69)(H,70,71)(H2,59,60,61);4-5H,2-3H2,1H3,(H2,6,7,8);3H,2H2,1H3/p-6. The third-order valence-electron chi connectivity index (χ3n) is 13.0. The summed E-state index contributed by atoms with van der Waals surface area (Å²) in [7, 11) is -35.7. The van der Waals surface area contributed by atoms with Crippen LogP contribution in [0.1, 0.15) is 47.0 Å². The summed E-state index contributed by atoms with van der Waals surface area (Å²) in [5, 5.41) is 16.0. The lowest BCUT2D eigenvalue weighted by Gasteiger charge is -2.26. The molecule has 0 bridgehead atoms. The Morgan fingerprint density at radius 3 is 0.553 bits per heavy atom. The number of aliphatic hydroxyl groups excluding tert-OH is 2. The molecular formula is C62H130O53P8-6. The minimum absolute atomic E-state index is 0.0203. The van der Waals surface area contributed by atoms with Crippen molar-refractivity contribution in [2.24, 2.45) is 0 Å². The average molecular weight is 1970 g/mol. The Labute approximate surface area is 718 Å². The van der Waals surface area contributed by atoms with Crippen molar-refractivity contribution in [2.45, 2.75) is 65.3 Å². The van der Waals surface area contributed by atoms with E-state index >= 15 is 0 Å². The predicted molar refractivity (Wildman–Crippen MR) is 409 cm³/mol. The lowest BCUT2D eigenvalue weighted by Crippen LogP contribution is -2.22. The molecule has 742 valence electrons. The number of rotatable bonds is 96. The summed E-state index contributed by atoms with van der Waals surface area (Å²) in [6.45, 7) is 10.4. The van der Waals surface area contributed by atoms with Crippen molar-refractivity contribution in [1.29, 1.82) is 0 Å². The third kappa shape index (κ3) is 104. The molecule has 0 heterocycles. The zero-order valence-corrected chi connectivity index (χ0v) is 77.2. The van der Waals surface area contributed by atoms with Crippen LogP contribution in [0.2, 0.25) is 0 Å². The molecule has 0 aromatic rings. The van der Waals surface area contributed by atoms with Crippen molar-refractivity contribution >= 4 is 63.0 Å². The number of hydrogen-bond donors (Lipinski definition) is 5. The number of ether oxygens (including phenoxy) is 20. The molecule has 61 heteroatoms. The van der Waals surface area contributed by atoms with Crippen molar-refractivity contribution in [3.63, 3.8) is 0 Å². The van der Waals surface area contributed by atoms with Gasteiger partial charge in [0, 0.05) is 6.61 Å². The molecule has 0 spiro atoms. The van der Waals surface area contributed by atoms with Crippen LogP contribution in [0.4, 0.5) is 0 Å². The molecule has 0 saturated carbocycles. The van der Waals surface area contributed by atoms with Gasteiger partial charge in [0.05, 0.1) is 349 Å². The van der Waals surface area contributed by atoms with Gasteiger partial charge in [-0.3, -0.25) is 31.9 Å². The van der Waals surface area contributed by atoms with E-state index in [0.29, 0.717) is 26.2 Å². The van der Waals surface area contributed by atoms with Gasteiger partial charge in [0.1, 0.15) is 6.61 Å². The van der Waals surface area contributed by atoms with E-state index in [1.807, 2.05) is 0 Å². The molecule has 0 fully saturated rings. The predicted octanol–water partition coefficient (Wildman–Crippen LogP) is -2.24. The van der Waals surface area contributed by atoms with E-state index in [1.165, 1.54) is 6.92 Å². The van der Waals surface area contributed by atoms with Crippen LogP contribution in [0.25, 0.3) is 0 Å². The second-order valence-corrected chi connectivity index (χ2v) is 32.9. The van der Waals surface area contributed by atoms with E-state index in [-0.39, 0.29) is 317 Å². The van der Waals surface area contributed by atoms with E-state index in [1.54, 1.807) is 20.8 Å². The number of aliphatic hydroxyl groups is 2. The van der Waals surface area contributed by atoms with Gasteiger partial charge in [-0.25, -0.2) is 4.57 Å². The second-order valence-electron chi connectivity index (χ2n) is 22.8. The summed E-state index contributed by atoms with van der Waals surface area (Å²) < 4.78 is 258. The lowest BCUT2D eigenvalue weighted by molar-refractivity contribution is -0.233. The van der Waals surface area contributed by atoms with E-state index in [2.05, 4.69) is 27.1 Å². The lowest BCUT2D eigenvalue weighted by atomic mass is 10.3. The highest BCUT2D eigenvalue weighted by molar-refractivity contribution is 7.47. The molecule has 0 aliphatic heterocycles. The molecule has 0 aromatic carbocycles. The van der Waals surface area contributed by atoms with Crippen molar-refractivity contribution in [3.05, 3.63) is 0 Å². The Kier molecular flexibility index (Phi) is 91.4. The molecule has 10 unspecified atom stereocenters. The Morgan fingerprint density at radius 1 is 0.244 bits per heavy atom. The normalized spacial score (nSPS) is 15.8. The van der Waals surface area contributed by atoms with Crippen LogP contribution >= 0.6 is 63.0 Å². The first-order valence-corrected chi connectivity index (χ1v) is 50.2. The van der Waals surface area contributed by atoms with E-state index in [0.717, 1.165) is 0 Å². The SMILES string of the molecule is CCC(CO)OP(=O)([O-])O.CCC(COP(=O)([O-])OCCOCCOCCOCCOCCOCCOP(=O)([O-])OCCOCCOCCOCCOCCOCCOP(=O)([O-])OCCOCCOCCOCCOCCOCCOP(=O)([O-])OCCOCCOCCOCCOCCOCCOP(=O)([O-])OC(CC)CO[P+](=O)[O-])OP(=O)(O)O.CCO. The fraction of sp³-hybridized carbons (Fsp3) is 1.00. The maximum atomic E-state index is 12.0. The summed E-state index contributed by atoms with van der Waals surface area (Å²) >= 11 is 0. The highest BCUT2D eigenvalue weighted by atomic mass is 31.2. The van der Waals surface area contributed by atoms with Crippen LogP contribution in [0.3, 0.4) is 0 Å². The molecule has 0 aromatic heterocycles. The molecule has 123 heavy (non-hydrogen) atoms. The third-order valence-corrected chi connectivity index (χ3v) is 19.5. The highest BCUT2D eigenvalue weighted by Crippen LogP contribution is 2.44.